The fourth-order valence-electron chi connectivity index (χ4n) is 2.63. The third-order valence-corrected chi connectivity index (χ3v) is 3.55. The summed E-state index contributed by atoms with van der Waals surface area (Å²) < 4.78 is 0. The molecular formula is C26H43Y-. The van der Waals surface area contributed by atoms with Gasteiger partial charge in [0.1, 0.15) is 0 Å². The van der Waals surface area contributed by atoms with Crippen molar-refractivity contribution in [2.75, 3.05) is 0 Å². The minimum atomic E-state index is 0. The van der Waals surface area contributed by atoms with E-state index in [1.807, 2.05) is 41.5 Å². The molecule has 0 bridgehead atoms. The zero-order chi connectivity index (χ0) is 20.2. The first-order valence-electron chi connectivity index (χ1n) is 10.9. The van der Waals surface area contributed by atoms with Gasteiger partial charge in [-0.2, -0.15) is 34.9 Å². The van der Waals surface area contributed by atoms with Gasteiger partial charge in [0.05, 0.1) is 0 Å². The number of aryl methyl sites for hydroxylation is 2. The molecule has 0 unspecified atom stereocenters. The summed E-state index contributed by atoms with van der Waals surface area (Å²) in [5, 5.41) is 0. The largest absolute Gasteiger partial charge is 0.180 e. The first-order valence-corrected chi connectivity index (χ1v) is 10.9. The van der Waals surface area contributed by atoms with Gasteiger partial charge in [-0.15, -0.1) is 0 Å². The van der Waals surface area contributed by atoms with Crippen molar-refractivity contribution in [1.29, 1.82) is 0 Å². The monoisotopic (exact) mass is 444 g/mol. The van der Waals surface area contributed by atoms with Crippen LogP contribution in [0.4, 0.5) is 0 Å². The Labute approximate surface area is 196 Å². The van der Waals surface area contributed by atoms with E-state index in [4.69, 9.17) is 0 Å². The van der Waals surface area contributed by atoms with Gasteiger partial charge >= 0.3 is 0 Å². The summed E-state index contributed by atoms with van der Waals surface area (Å²) in [5.41, 5.74) is 5.77. The normalized spacial score (nSPS) is 10.4. The third-order valence-electron chi connectivity index (χ3n) is 3.55. The van der Waals surface area contributed by atoms with E-state index in [1.54, 1.807) is 0 Å². The average molecular weight is 445 g/mol. The first-order chi connectivity index (χ1) is 12.8. The standard InChI is InChI=1S/C17H17.C3H8.3C2H6.Y/c1-2-6-14(7-3-1)12-15-10-11-16-8-4-5-9-17(16)13-15;1-3-2;3*1-2;/h1-3,6-7,10,13H,4-5,8-9,12H2;3H2,1-2H3;3*1-2H3;/q-1;;;;;. The van der Waals surface area contributed by atoms with Crippen LogP contribution in [-0.2, 0) is 52.0 Å². The zero-order valence-corrected chi connectivity index (χ0v) is 22.2. The maximum absolute atomic E-state index is 3.48. The molecule has 1 aliphatic carbocycles. The van der Waals surface area contributed by atoms with Gasteiger partial charge in [0.25, 0.3) is 0 Å². The van der Waals surface area contributed by atoms with Crippen LogP contribution >= 0.6 is 0 Å². The van der Waals surface area contributed by atoms with Crippen LogP contribution in [0.3, 0.4) is 0 Å². The van der Waals surface area contributed by atoms with Gasteiger partial charge in [-0.1, -0.05) is 123 Å². The maximum atomic E-state index is 3.48. The van der Waals surface area contributed by atoms with Crippen LogP contribution in [0.15, 0.2) is 42.5 Å². The molecule has 0 spiro atoms. The van der Waals surface area contributed by atoms with Gasteiger partial charge in [0, 0.05) is 32.7 Å². The Morgan fingerprint density at radius 1 is 0.778 bits per heavy atom. The number of hydrogen-bond acceptors (Lipinski definition) is 0. The molecule has 0 fully saturated rings. The molecule has 0 heterocycles. The third kappa shape index (κ3) is 14.2. The fourth-order valence-corrected chi connectivity index (χ4v) is 2.63. The summed E-state index contributed by atoms with van der Waals surface area (Å²) in [6, 6.07) is 18.7. The molecule has 1 aliphatic rings. The summed E-state index contributed by atoms with van der Waals surface area (Å²) in [4.78, 5) is 0. The van der Waals surface area contributed by atoms with Crippen molar-refractivity contribution in [3.63, 3.8) is 0 Å². The van der Waals surface area contributed by atoms with Crippen LogP contribution in [-0.4, -0.2) is 0 Å². The van der Waals surface area contributed by atoms with Crippen molar-refractivity contribution in [1.82, 2.24) is 0 Å². The summed E-state index contributed by atoms with van der Waals surface area (Å²) in [7, 11) is 0. The molecule has 0 atom stereocenters. The molecule has 1 radical (unpaired) electrons. The summed E-state index contributed by atoms with van der Waals surface area (Å²) in [6.45, 7) is 16.2. The number of fused-ring (bicyclic) bond motifs is 1. The van der Waals surface area contributed by atoms with Gasteiger partial charge in [0.2, 0.25) is 0 Å². The van der Waals surface area contributed by atoms with E-state index in [1.165, 1.54) is 54.4 Å². The molecule has 0 amide bonds. The van der Waals surface area contributed by atoms with Gasteiger partial charge in [-0.25, -0.2) is 0 Å². The van der Waals surface area contributed by atoms with E-state index >= 15 is 0 Å². The van der Waals surface area contributed by atoms with E-state index < -0.39 is 0 Å². The molecule has 0 aromatic heterocycles. The van der Waals surface area contributed by atoms with Crippen LogP contribution in [0.1, 0.15) is 96.9 Å². The summed E-state index contributed by atoms with van der Waals surface area (Å²) >= 11 is 0. The molecule has 0 nitrogen and oxygen atoms in total. The van der Waals surface area contributed by atoms with Gasteiger partial charge in [-0.3, -0.25) is 0 Å². The molecule has 2 aromatic rings. The second kappa shape index (κ2) is 23.6. The number of benzene rings is 2. The molecule has 1 heteroatoms. The van der Waals surface area contributed by atoms with Crippen molar-refractivity contribution in [3.05, 3.63) is 70.8 Å². The summed E-state index contributed by atoms with van der Waals surface area (Å²) in [5.74, 6) is 0. The number of hydrogen-bond donors (Lipinski definition) is 0. The minimum Gasteiger partial charge on any atom is -0.180 e. The fraction of sp³-hybridized carbons (Fsp3) is 0.538. The molecular weight excluding hydrogens is 401 g/mol. The van der Waals surface area contributed by atoms with Crippen LogP contribution < -0.4 is 0 Å². The van der Waals surface area contributed by atoms with E-state index in [9.17, 15) is 0 Å². The second-order valence-electron chi connectivity index (χ2n) is 5.59. The van der Waals surface area contributed by atoms with Gasteiger partial charge < -0.3 is 0 Å². The van der Waals surface area contributed by atoms with Gasteiger partial charge in [0.15, 0.2) is 0 Å². The van der Waals surface area contributed by atoms with E-state index in [2.05, 4.69) is 62.4 Å². The Morgan fingerprint density at radius 2 is 1.30 bits per heavy atom. The second-order valence-corrected chi connectivity index (χ2v) is 5.59. The Bertz CT molecular complexity index is 517. The predicted molar refractivity (Wildman–Crippen MR) is 121 cm³/mol. The Kier molecular flexibility index (Phi) is 27.3. The quantitative estimate of drug-likeness (QED) is 0.408. The molecule has 151 valence electrons. The molecule has 2 aromatic carbocycles. The molecule has 0 saturated heterocycles. The molecule has 0 saturated carbocycles. The first kappa shape index (κ1) is 31.2. The molecule has 27 heavy (non-hydrogen) atoms. The maximum Gasteiger partial charge on any atom is 0 e. The van der Waals surface area contributed by atoms with Crippen LogP contribution in [0, 0.1) is 6.07 Å². The Balaban J connectivity index is -0.000000505. The molecule has 3 rings (SSSR count). The summed E-state index contributed by atoms with van der Waals surface area (Å²) in [6.07, 6.45) is 7.43. The predicted octanol–water partition coefficient (Wildman–Crippen LogP) is 8.45. The average Bonchev–Trinajstić information content (AvgIpc) is 2.74. The van der Waals surface area contributed by atoms with Crippen molar-refractivity contribution >= 4 is 0 Å². The van der Waals surface area contributed by atoms with Crippen LogP contribution in [0.5, 0.6) is 0 Å². The van der Waals surface area contributed by atoms with Crippen LogP contribution in [0.25, 0.3) is 0 Å². The van der Waals surface area contributed by atoms with Crippen molar-refractivity contribution in [3.8, 4) is 0 Å². The molecule has 0 N–H and O–H groups in total. The smallest absolute Gasteiger partial charge is 0 e. The molecule has 0 aliphatic heterocycles. The SMILES string of the molecule is CC.CC.CC.CCC.[Y].[c-]1cc(Cc2ccccc2)cc2c1CCCC2. The Morgan fingerprint density at radius 3 is 1.85 bits per heavy atom. The Hall–Kier alpha value is -0.456. The zero-order valence-electron chi connectivity index (χ0n) is 19.4. The number of rotatable bonds is 2. The van der Waals surface area contributed by atoms with E-state index in [0.29, 0.717) is 0 Å². The van der Waals surface area contributed by atoms with Crippen molar-refractivity contribution in [2.45, 2.75) is 93.9 Å². The van der Waals surface area contributed by atoms with Crippen molar-refractivity contribution in [2.24, 2.45) is 0 Å². The minimum absolute atomic E-state index is 0. The van der Waals surface area contributed by atoms with Crippen molar-refractivity contribution < 1.29 is 32.7 Å². The van der Waals surface area contributed by atoms with E-state index in [0.717, 1.165) is 6.42 Å². The van der Waals surface area contributed by atoms with Crippen LogP contribution in [0.2, 0.25) is 0 Å². The van der Waals surface area contributed by atoms with E-state index in [-0.39, 0.29) is 32.7 Å². The topological polar surface area (TPSA) is 0 Å². The van der Waals surface area contributed by atoms with Gasteiger partial charge in [-0.05, 0) is 6.42 Å².